The minimum absolute atomic E-state index is 0.118. The van der Waals surface area contributed by atoms with Gasteiger partial charge < -0.3 is 37.9 Å². The maximum absolute atomic E-state index is 16.5. The van der Waals surface area contributed by atoms with E-state index in [4.69, 9.17) is 37.9 Å². The molecule has 8 nitrogen and oxygen atoms in total. The lowest BCUT2D eigenvalue weighted by Crippen LogP contribution is -2.27. The van der Waals surface area contributed by atoms with Crippen LogP contribution in [0.3, 0.4) is 0 Å². The predicted molar refractivity (Wildman–Crippen MR) is 218 cm³/mol. The molecule has 7 rings (SSSR count). The number of benzene rings is 6. The minimum Gasteiger partial charge on any atom is -0.496 e. The number of hydrogen-bond donors (Lipinski definition) is 0. The third-order valence-corrected chi connectivity index (χ3v) is 11.3. The first-order valence-electron chi connectivity index (χ1n) is 18.8. The Kier molecular flexibility index (Phi) is 13.2. The van der Waals surface area contributed by atoms with Gasteiger partial charge in [-0.3, -0.25) is 0 Å². The molecule has 0 bridgehead atoms. The molecular weight excluding hydrogens is 806 g/mol. The molecule has 312 valence electrons. The Morgan fingerprint density at radius 1 is 0.583 bits per heavy atom. The summed E-state index contributed by atoms with van der Waals surface area (Å²) in [5.41, 5.74) is -0.812. The fourth-order valence-electron chi connectivity index (χ4n) is 6.92. The Labute approximate surface area is 345 Å². The van der Waals surface area contributed by atoms with E-state index in [9.17, 15) is 4.39 Å². The lowest BCUT2D eigenvalue weighted by Gasteiger charge is -2.27. The van der Waals surface area contributed by atoms with Crippen LogP contribution in [0.1, 0.15) is 18.9 Å². The predicted octanol–water partition coefficient (Wildman–Crippen LogP) is 10.6. The Balaban J connectivity index is 1.61. The zero-order valence-corrected chi connectivity index (χ0v) is 34.0. The van der Waals surface area contributed by atoms with Gasteiger partial charge in [-0.05, 0) is 87.4 Å². The van der Waals surface area contributed by atoms with Gasteiger partial charge in [0.25, 0.3) is 0 Å². The highest BCUT2D eigenvalue weighted by Gasteiger charge is 2.36. The molecular formula is C46H40F5O8P. The summed E-state index contributed by atoms with van der Waals surface area (Å²) in [6, 6.07) is 29.6. The van der Waals surface area contributed by atoms with Crippen LogP contribution in [0.15, 0.2) is 103 Å². The summed E-state index contributed by atoms with van der Waals surface area (Å²) in [5, 5.41) is 0.544. The monoisotopic (exact) mass is 846 g/mol. The van der Waals surface area contributed by atoms with Gasteiger partial charge >= 0.3 is 0 Å². The van der Waals surface area contributed by atoms with E-state index in [-0.39, 0.29) is 46.5 Å². The van der Waals surface area contributed by atoms with E-state index in [0.29, 0.717) is 47.1 Å². The van der Waals surface area contributed by atoms with Crippen LogP contribution in [0.4, 0.5) is 22.0 Å². The zero-order chi connectivity index (χ0) is 42.4. The molecule has 0 amide bonds. The molecule has 1 saturated heterocycles. The third-order valence-electron chi connectivity index (χ3n) is 9.77. The molecule has 1 fully saturated rings. The molecule has 60 heavy (non-hydrogen) atoms. The van der Waals surface area contributed by atoms with E-state index in [1.54, 1.807) is 97.9 Å². The Hall–Kier alpha value is -5.72. The highest BCUT2D eigenvalue weighted by Crippen LogP contribution is 2.50. The van der Waals surface area contributed by atoms with E-state index in [1.807, 2.05) is 12.1 Å². The average Bonchev–Trinajstić information content (AvgIpc) is 3.71. The molecule has 0 radical (unpaired) electrons. The summed E-state index contributed by atoms with van der Waals surface area (Å²) in [6.45, 7) is 1.93. The lowest BCUT2D eigenvalue weighted by molar-refractivity contribution is -0.146. The fourth-order valence-corrected chi connectivity index (χ4v) is 8.40. The van der Waals surface area contributed by atoms with Gasteiger partial charge in [-0.1, -0.05) is 48.5 Å². The van der Waals surface area contributed by atoms with Crippen molar-refractivity contribution in [2.75, 3.05) is 41.3 Å². The molecule has 6 aromatic carbocycles. The van der Waals surface area contributed by atoms with Gasteiger partial charge in [0.05, 0.1) is 43.9 Å². The molecule has 14 heteroatoms. The second-order valence-electron chi connectivity index (χ2n) is 13.6. The molecule has 1 aliphatic heterocycles. The van der Waals surface area contributed by atoms with Gasteiger partial charge in [0, 0.05) is 24.7 Å². The topological polar surface area (TPSA) is 73.8 Å². The van der Waals surface area contributed by atoms with E-state index >= 15 is 17.6 Å². The van der Waals surface area contributed by atoms with Crippen LogP contribution in [0, 0.1) is 29.1 Å². The molecule has 1 aliphatic rings. The lowest BCUT2D eigenvalue weighted by atomic mass is 9.90. The van der Waals surface area contributed by atoms with Crippen molar-refractivity contribution in [2.24, 2.45) is 0 Å². The number of methoxy groups -OCH3 is 3. The van der Waals surface area contributed by atoms with Gasteiger partial charge in [-0.2, -0.15) is 0 Å². The van der Waals surface area contributed by atoms with Crippen molar-refractivity contribution in [3.8, 4) is 62.5 Å². The van der Waals surface area contributed by atoms with Crippen molar-refractivity contribution in [3.63, 3.8) is 0 Å². The number of hydrogen-bond acceptors (Lipinski definition) is 8. The summed E-state index contributed by atoms with van der Waals surface area (Å²) >= 11 is 0. The standard InChI is InChI=1S/C46H40F5O8P/c1-46(56-23-24-57-46)22-21-27-25-30(35-31(53-3)17-11-18-32(35)54-4)43(55-26-52-2)37(36-38(47)40(49)42(51)41(50)39(36)48)44(27)60-45-33(58-28-13-7-5-8-14-28)19-12-20-34(45)59-29-15-9-6-10-16-29/h5-20,25,60H,21-24,26H2,1-4H3. The van der Waals surface area contributed by atoms with Crippen molar-refractivity contribution >= 4 is 19.2 Å². The highest BCUT2D eigenvalue weighted by molar-refractivity contribution is 7.56. The van der Waals surface area contributed by atoms with Gasteiger partial charge in [0.15, 0.2) is 35.8 Å². The Morgan fingerprint density at radius 2 is 1.08 bits per heavy atom. The van der Waals surface area contributed by atoms with Crippen molar-refractivity contribution in [2.45, 2.75) is 25.6 Å². The average molecular weight is 847 g/mol. The summed E-state index contributed by atoms with van der Waals surface area (Å²) in [5.74, 6) is -10.0. The second-order valence-corrected chi connectivity index (χ2v) is 14.9. The maximum Gasteiger partial charge on any atom is 0.200 e. The van der Waals surface area contributed by atoms with Crippen molar-refractivity contribution in [3.05, 3.63) is 138 Å². The first kappa shape index (κ1) is 42.4. The molecule has 6 aromatic rings. The number of halogens is 5. The van der Waals surface area contributed by atoms with Crippen LogP contribution in [-0.4, -0.2) is 47.1 Å². The smallest absolute Gasteiger partial charge is 0.200 e. The number of para-hydroxylation sites is 2. The number of aryl methyl sites for hydroxylation is 1. The third kappa shape index (κ3) is 8.76. The van der Waals surface area contributed by atoms with Crippen LogP contribution >= 0.6 is 8.58 Å². The molecule has 1 unspecified atom stereocenters. The Morgan fingerprint density at radius 3 is 1.58 bits per heavy atom. The first-order chi connectivity index (χ1) is 29.1. The van der Waals surface area contributed by atoms with Gasteiger partial charge in [-0.25, -0.2) is 22.0 Å². The Bertz CT molecular complexity index is 2350. The number of ether oxygens (including phenoxy) is 8. The molecule has 0 aromatic heterocycles. The molecule has 1 atom stereocenters. The van der Waals surface area contributed by atoms with E-state index < -0.39 is 61.4 Å². The van der Waals surface area contributed by atoms with Crippen molar-refractivity contribution < 1.29 is 59.8 Å². The van der Waals surface area contributed by atoms with Crippen LogP contribution in [0.25, 0.3) is 22.3 Å². The largest absolute Gasteiger partial charge is 0.496 e. The molecule has 0 N–H and O–H groups in total. The quantitative estimate of drug-likeness (QED) is 0.0314. The van der Waals surface area contributed by atoms with Crippen LogP contribution in [-0.2, 0) is 20.6 Å². The normalized spacial score (nSPS) is 13.5. The van der Waals surface area contributed by atoms with E-state index in [2.05, 4.69) is 0 Å². The van der Waals surface area contributed by atoms with Crippen LogP contribution in [0.5, 0.6) is 40.2 Å². The number of rotatable bonds is 16. The zero-order valence-electron chi connectivity index (χ0n) is 33.0. The fraction of sp³-hybridized carbons (Fsp3) is 0.217. The van der Waals surface area contributed by atoms with Crippen molar-refractivity contribution in [1.29, 1.82) is 0 Å². The summed E-state index contributed by atoms with van der Waals surface area (Å²) in [4.78, 5) is 0. The van der Waals surface area contributed by atoms with E-state index in [0.717, 1.165) is 0 Å². The summed E-state index contributed by atoms with van der Waals surface area (Å²) < 4.78 is 127. The van der Waals surface area contributed by atoms with Crippen LogP contribution < -0.4 is 34.3 Å². The van der Waals surface area contributed by atoms with Gasteiger partial charge in [0.1, 0.15) is 40.2 Å². The second kappa shape index (κ2) is 18.7. The molecule has 0 saturated carbocycles. The van der Waals surface area contributed by atoms with Gasteiger partial charge in [-0.15, -0.1) is 0 Å². The highest BCUT2D eigenvalue weighted by atomic mass is 31.1. The van der Waals surface area contributed by atoms with E-state index in [1.165, 1.54) is 21.3 Å². The van der Waals surface area contributed by atoms with Crippen LogP contribution in [0.2, 0.25) is 0 Å². The molecule has 0 spiro atoms. The summed E-state index contributed by atoms with van der Waals surface area (Å²) in [7, 11) is 3.52. The minimum atomic E-state index is -2.32. The molecule has 1 heterocycles. The molecule has 0 aliphatic carbocycles. The van der Waals surface area contributed by atoms with Crippen molar-refractivity contribution in [1.82, 2.24) is 0 Å². The van der Waals surface area contributed by atoms with Gasteiger partial charge in [0.2, 0.25) is 5.82 Å². The summed E-state index contributed by atoms with van der Waals surface area (Å²) in [6.07, 6.45) is 0.337. The first-order valence-corrected chi connectivity index (χ1v) is 19.8. The maximum atomic E-state index is 16.5. The SMILES string of the molecule is COCOc1c(-c2c(OC)cccc2OC)cc(CCC2(C)OCCO2)c(Pc2c(Oc3ccccc3)cccc2Oc2ccccc2)c1-c1c(F)c(F)c(F)c(F)c1F.